The first-order valence-electron chi connectivity index (χ1n) is 7.24. The fourth-order valence-electron chi connectivity index (χ4n) is 2.23. The van der Waals surface area contributed by atoms with Gasteiger partial charge in [0.15, 0.2) is 0 Å². The van der Waals surface area contributed by atoms with E-state index in [1.807, 2.05) is 48.5 Å². The second kappa shape index (κ2) is 6.78. The zero-order valence-electron chi connectivity index (χ0n) is 12.5. The molecule has 0 unspecified atom stereocenters. The first-order chi connectivity index (χ1) is 11.3. The Balaban J connectivity index is 1.71. The Labute approximate surface area is 132 Å². The van der Waals surface area contributed by atoms with Crippen molar-refractivity contribution in [1.82, 2.24) is 15.2 Å². The molecule has 0 bridgehead atoms. The minimum absolute atomic E-state index is 0.208. The number of amidine groups is 1. The van der Waals surface area contributed by atoms with E-state index in [-0.39, 0.29) is 5.84 Å². The van der Waals surface area contributed by atoms with Crippen LogP contribution in [0.1, 0.15) is 17.5 Å². The summed E-state index contributed by atoms with van der Waals surface area (Å²) in [6, 6.07) is 15.7. The zero-order valence-corrected chi connectivity index (χ0v) is 12.5. The largest absolute Gasteiger partial charge is 0.409 e. The standard InChI is InChI=1S/C16H17N5O2/c17-16(19-22)9-7-12-6-8-15-14(10-12)18-20-21(15)23-11-13-4-2-1-3-5-13/h1-6,8,10,22H,7,9,11H2,(H2,17,19). The molecule has 3 aromatic rings. The molecule has 0 aliphatic rings. The highest BCUT2D eigenvalue weighted by atomic mass is 16.7. The lowest BCUT2D eigenvalue weighted by molar-refractivity contribution is 0.0752. The predicted molar refractivity (Wildman–Crippen MR) is 86.0 cm³/mol. The molecule has 0 amide bonds. The van der Waals surface area contributed by atoms with Gasteiger partial charge in [0.25, 0.3) is 0 Å². The third-order valence-electron chi connectivity index (χ3n) is 3.47. The molecule has 0 spiro atoms. The van der Waals surface area contributed by atoms with Gasteiger partial charge in [-0.2, -0.15) is 0 Å². The van der Waals surface area contributed by atoms with Crippen molar-refractivity contribution in [1.29, 1.82) is 0 Å². The molecule has 1 heterocycles. The second-order valence-corrected chi connectivity index (χ2v) is 5.14. The summed E-state index contributed by atoms with van der Waals surface area (Å²) in [6.07, 6.45) is 1.16. The summed E-state index contributed by atoms with van der Waals surface area (Å²) in [5.41, 5.74) is 9.13. The molecule has 7 heteroatoms. The summed E-state index contributed by atoms with van der Waals surface area (Å²) in [5.74, 6) is 0.208. The molecule has 0 saturated heterocycles. The van der Waals surface area contributed by atoms with Gasteiger partial charge in [-0.1, -0.05) is 46.4 Å². The highest BCUT2D eigenvalue weighted by Gasteiger charge is 2.07. The summed E-state index contributed by atoms with van der Waals surface area (Å²) in [7, 11) is 0. The van der Waals surface area contributed by atoms with Crippen LogP contribution in [0.3, 0.4) is 0 Å². The van der Waals surface area contributed by atoms with Gasteiger partial charge in [-0.3, -0.25) is 0 Å². The molecule has 7 nitrogen and oxygen atoms in total. The number of fused-ring (bicyclic) bond motifs is 1. The zero-order chi connectivity index (χ0) is 16.1. The number of rotatable bonds is 6. The van der Waals surface area contributed by atoms with Crippen LogP contribution in [0.5, 0.6) is 0 Å². The van der Waals surface area contributed by atoms with Crippen molar-refractivity contribution in [3.8, 4) is 0 Å². The van der Waals surface area contributed by atoms with Gasteiger partial charge < -0.3 is 15.8 Å². The van der Waals surface area contributed by atoms with Crippen LogP contribution in [-0.2, 0) is 13.0 Å². The lowest BCUT2D eigenvalue weighted by Gasteiger charge is -2.05. The highest BCUT2D eigenvalue weighted by molar-refractivity contribution is 5.80. The average Bonchev–Trinajstić information content (AvgIpc) is 3.01. The summed E-state index contributed by atoms with van der Waals surface area (Å²) >= 11 is 0. The molecule has 1 aromatic heterocycles. The average molecular weight is 311 g/mol. The number of nitrogens with two attached hydrogens (primary N) is 1. The summed E-state index contributed by atoms with van der Waals surface area (Å²) < 4.78 is 0. The van der Waals surface area contributed by atoms with E-state index in [4.69, 9.17) is 15.8 Å². The number of hydrogen-bond donors (Lipinski definition) is 2. The minimum Gasteiger partial charge on any atom is -0.409 e. The van der Waals surface area contributed by atoms with Crippen molar-refractivity contribution in [2.75, 3.05) is 0 Å². The van der Waals surface area contributed by atoms with E-state index in [0.717, 1.165) is 22.2 Å². The van der Waals surface area contributed by atoms with E-state index in [2.05, 4.69) is 15.5 Å². The lowest BCUT2D eigenvalue weighted by Crippen LogP contribution is -2.13. The third kappa shape index (κ3) is 3.57. The molecule has 0 aliphatic carbocycles. The topological polar surface area (TPSA) is 98.5 Å². The van der Waals surface area contributed by atoms with Gasteiger partial charge >= 0.3 is 0 Å². The van der Waals surface area contributed by atoms with Crippen molar-refractivity contribution in [2.24, 2.45) is 10.9 Å². The SMILES string of the molecule is N/C(CCc1ccc2c(c1)nnn2OCc1ccccc1)=N\O. The van der Waals surface area contributed by atoms with E-state index < -0.39 is 0 Å². The smallest absolute Gasteiger partial charge is 0.142 e. The minimum atomic E-state index is 0.208. The van der Waals surface area contributed by atoms with Crippen molar-refractivity contribution in [3.05, 3.63) is 59.7 Å². The van der Waals surface area contributed by atoms with Crippen LogP contribution in [0, 0.1) is 0 Å². The Morgan fingerprint density at radius 1 is 1.17 bits per heavy atom. The maximum absolute atomic E-state index is 8.56. The first-order valence-corrected chi connectivity index (χ1v) is 7.24. The molecule has 3 rings (SSSR count). The molecule has 2 aromatic carbocycles. The van der Waals surface area contributed by atoms with Crippen LogP contribution in [0.25, 0.3) is 11.0 Å². The fraction of sp³-hybridized carbons (Fsp3) is 0.188. The van der Waals surface area contributed by atoms with Gasteiger partial charge in [-0.25, -0.2) is 0 Å². The number of oxime groups is 1. The Hall–Kier alpha value is -3.09. The van der Waals surface area contributed by atoms with Crippen LogP contribution in [0.4, 0.5) is 0 Å². The van der Waals surface area contributed by atoms with E-state index in [1.165, 1.54) is 4.85 Å². The van der Waals surface area contributed by atoms with Gasteiger partial charge in [0.05, 0.1) is 0 Å². The Morgan fingerprint density at radius 3 is 2.78 bits per heavy atom. The van der Waals surface area contributed by atoms with Gasteiger partial charge in [0.2, 0.25) is 0 Å². The maximum Gasteiger partial charge on any atom is 0.142 e. The molecule has 118 valence electrons. The second-order valence-electron chi connectivity index (χ2n) is 5.14. The number of aromatic nitrogens is 3. The number of hydrogen-bond acceptors (Lipinski definition) is 5. The Kier molecular flexibility index (Phi) is 4.37. The summed E-state index contributed by atoms with van der Waals surface area (Å²) in [5, 5.41) is 19.7. The predicted octanol–water partition coefficient (Wildman–Crippen LogP) is 1.74. The monoisotopic (exact) mass is 311 g/mol. The van der Waals surface area contributed by atoms with Crippen LogP contribution in [0.2, 0.25) is 0 Å². The van der Waals surface area contributed by atoms with Crippen LogP contribution >= 0.6 is 0 Å². The molecule has 0 fully saturated rings. The van der Waals surface area contributed by atoms with Gasteiger partial charge in [0, 0.05) is 6.42 Å². The van der Waals surface area contributed by atoms with E-state index in [1.54, 1.807) is 0 Å². The van der Waals surface area contributed by atoms with Gasteiger partial charge in [-0.05, 0) is 34.9 Å². The Bertz CT molecular complexity index is 814. The van der Waals surface area contributed by atoms with Crippen molar-refractivity contribution < 1.29 is 10.0 Å². The molecule has 0 saturated carbocycles. The maximum atomic E-state index is 8.56. The van der Waals surface area contributed by atoms with Crippen molar-refractivity contribution in [2.45, 2.75) is 19.4 Å². The van der Waals surface area contributed by atoms with Crippen LogP contribution in [-0.4, -0.2) is 26.2 Å². The number of nitrogens with zero attached hydrogens (tertiary/aromatic N) is 4. The fourth-order valence-corrected chi connectivity index (χ4v) is 2.23. The lowest BCUT2D eigenvalue weighted by atomic mass is 10.1. The van der Waals surface area contributed by atoms with Crippen molar-refractivity contribution in [3.63, 3.8) is 0 Å². The van der Waals surface area contributed by atoms with Gasteiger partial charge in [-0.15, -0.1) is 5.10 Å². The quantitative estimate of drug-likeness (QED) is 0.313. The third-order valence-corrected chi connectivity index (χ3v) is 3.47. The van der Waals surface area contributed by atoms with E-state index in [9.17, 15) is 0 Å². The number of aryl methyl sites for hydroxylation is 1. The van der Waals surface area contributed by atoms with Crippen molar-refractivity contribution >= 4 is 16.9 Å². The molecule has 3 N–H and O–H groups in total. The molecule has 23 heavy (non-hydrogen) atoms. The molecule has 0 atom stereocenters. The summed E-state index contributed by atoms with van der Waals surface area (Å²) in [4.78, 5) is 7.10. The molecular formula is C16H17N5O2. The molecular weight excluding hydrogens is 294 g/mol. The Morgan fingerprint density at radius 2 is 2.00 bits per heavy atom. The number of benzene rings is 2. The highest BCUT2D eigenvalue weighted by Crippen LogP contribution is 2.14. The normalized spacial score (nSPS) is 11.7. The molecule has 0 radical (unpaired) electrons. The van der Waals surface area contributed by atoms with E-state index in [0.29, 0.717) is 19.4 Å². The molecule has 0 aliphatic heterocycles. The first kappa shape index (κ1) is 14.8. The van der Waals surface area contributed by atoms with Crippen LogP contribution in [0.15, 0.2) is 53.7 Å². The van der Waals surface area contributed by atoms with Gasteiger partial charge in [0.1, 0.15) is 23.5 Å². The summed E-state index contributed by atoms with van der Waals surface area (Å²) in [6.45, 7) is 0.421. The van der Waals surface area contributed by atoms with Crippen LogP contribution < -0.4 is 10.6 Å². The van der Waals surface area contributed by atoms with E-state index >= 15 is 0 Å².